The minimum atomic E-state index is -0.464. The third-order valence-electron chi connectivity index (χ3n) is 4.81. The molecule has 3 heteroatoms. The first-order valence-electron chi connectivity index (χ1n) is 7.35. The largest absolute Gasteiger partial charge is 0.297 e. The van der Waals surface area contributed by atoms with Crippen molar-refractivity contribution in [3.8, 4) is 0 Å². The fourth-order valence-electron chi connectivity index (χ4n) is 3.12. The van der Waals surface area contributed by atoms with Crippen molar-refractivity contribution in [1.82, 2.24) is 4.90 Å². The third kappa shape index (κ3) is 2.64. The van der Waals surface area contributed by atoms with Gasteiger partial charge in [0.2, 0.25) is 0 Å². The van der Waals surface area contributed by atoms with Crippen LogP contribution in [0.5, 0.6) is 0 Å². The van der Waals surface area contributed by atoms with Crippen molar-refractivity contribution in [3.05, 3.63) is 35.1 Å². The molecule has 2 rings (SSSR count). The van der Waals surface area contributed by atoms with Crippen molar-refractivity contribution < 1.29 is 9.18 Å². The lowest BCUT2D eigenvalue weighted by Gasteiger charge is -2.43. The van der Waals surface area contributed by atoms with E-state index in [2.05, 4.69) is 6.92 Å². The fraction of sp³-hybridized carbons (Fsp3) is 0.588. The molecule has 20 heavy (non-hydrogen) atoms. The van der Waals surface area contributed by atoms with Crippen LogP contribution in [-0.2, 0) is 0 Å². The monoisotopic (exact) mass is 277 g/mol. The number of hydrogen-bond acceptors (Lipinski definition) is 2. The standard InChI is InChI=1S/C17H24FNO/c1-12-7-9-17(10-8-12,19(3)4)16(20)14-6-5-13(2)15(18)11-14/h5-6,11-12H,7-10H2,1-4H3. The molecule has 0 saturated heterocycles. The van der Waals surface area contributed by atoms with E-state index in [-0.39, 0.29) is 11.6 Å². The molecule has 0 aliphatic heterocycles. The van der Waals surface area contributed by atoms with Crippen LogP contribution in [-0.4, -0.2) is 30.3 Å². The van der Waals surface area contributed by atoms with Crippen LogP contribution < -0.4 is 0 Å². The quantitative estimate of drug-likeness (QED) is 0.783. The fourth-order valence-corrected chi connectivity index (χ4v) is 3.12. The van der Waals surface area contributed by atoms with Crippen LogP contribution >= 0.6 is 0 Å². The van der Waals surface area contributed by atoms with E-state index in [0.29, 0.717) is 17.0 Å². The molecule has 0 unspecified atom stereocenters. The molecule has 0 heterocycles. The van der Waals surface area contributed by atoms with E-state index in [1.807, 2.05) is 19.0 Å². The molecule has 2 nitrogen and oxygen atoms in total. The van der Waals surface area contributed by atoms with Crippen LogP contribution in [0.2, 0.25) is 0 Å². The molecular weight excluding hydrogens is 253 g/mol. The molecule has 1 aliphatic carbocycles. The van der Waals surface area contributed by atoms with Crippen molar-refractivity contribution in [2.45, 2.75) is 45.1 Å². The van der Waals surface area contributed by atoms with Gasteiger partial charge in [0.05, 0.1) is 5.54 Å². The van der Waals surface area contributed by atoms with Gasteiger partial charge in [-0.2, -0.15) is 0 Å². The topological polar surface area (TPSA) is 20.3 Å². The minimum absolute atomic E-state index is 0.0632. The number of Topliss-reactive ketones (excluding diaryl/α,β-unsaturated/α-hetero) is 1. The molecule has 0 radical (unpaired) electrons. The first-order chi connectivity index (χ1) is 9.36. The second-order valence-electron chi connectivity index (χ2n) is 6.40. The predicted octanol–water partition coefficient (Wildman–Crippen LogP) is 3.83. The average molecular weight is 277 g/mol. The van der Waals surface area contributed by atoms with Gasteiger partial charge >= 0.3 is 0 Å². The molecule has 0 bridgehead atoms. The molecule has 1 saturated carbocycles. The van der Waals surface area contributed by atoms with E-state index in [4.69, 9.17) is 0 Å². The summed E-state index contributed by atoms with van der Waals surface area (Å²) in [6.07, 6.45) is 3.82. The maximum Gasteiger partial charge on any atom is 0.183 e. The summed E-state index contributed by atoms with van der Waals surface area (Å²) in [6.45, 7) is 3.95. The molecule has 1 fully saturated rings. The summed E-state index contributed by atoms with van der Waals surface area (Å²) >= 11 is 0. The highest BCUT2D eigenvalue weighted by molar-refractivity contribution is 6.03. The Kier molecular flexibility index (Phi) is 4.28. The lowest BCUT2D eigenvalue weighted by atomic mass is 9.72. The number of halogens is 1. The highest BCUT2D eigenvalue weighted by Gasteiger charge is 2.43. The first kappa shape index (κ1) is 15.2. The number of aryl methyl sites for hydroxylation is 1. The van der Waals surface area contributed by atoms with Gasteiger partial charge in [-0.25, -0.2) is 4.39 Å². The van der Waals surface area contributed by atoms with E-state index in [0.717, 1.165) is 25.7 Å². The molecular formula is C17H24FNO. The summed E-state index contributed by atoms with van der Waals surface area (Å²) in [7, 11) is 3.91. The molecule has 1 aromatic carbocycles. The van der Waals surface area contributed by atoms with Gasteiger partial charge in [-0.3, -0.25) is 9.69 Å². The Morgan fingerprint density at radius 3 is 2.40 bits per heavy atom. The Balaban J connectivity index is 2.34. The van der Waals surface area contributed by atoms with Crippen LogP contribution in [0.15, 0.2) is 18.2 Å². The van der Waals surface area contributed by atoms with E-state index in [9.17, 15) is 9.18 Å². The van der Waals surface area contributed by atoms with Gasteiger partial charge in [-0.1, -0.05) is 19.1 Å². The van der Waals surface area contributed by atoms with E-state index in [1.165, 1.54) is 6.07 Å². The van der Waals surface area contributed by atoms with Crippen LogP contribution in [0, 0.1) is 18.7 Å². The SMILES string of the molecule is Cc1ccc(C(=O)C2(N(C)C)CCC(C)CC2)cc1F. The normalized spacial score (nSPS) is 26.8. The number of carbonyl (C=O) groups is 1. The lowest BCUT2D eigenvalue weighted by molar-refractivity contribution is 0.0513. The minimum Gasteiger partial charge on any atom is -0.297 e. The summed E-state index contributed by atoms with van der Waals surface area (Å²) in [5.41, 5.74) is 0.614. The van der Waals surface area contributed by atoms with E-state index >= 15 is 0 Å². The number of carbonyl (C=O) groups excluding carboxylic acids is 1. The molecule has 1 aromatic rings. The maximum atomic E-state index is 13.7. The second-order valence-corrected chi connectivity index (χ2v) is 6.40. The number of nitrogens with zero attached hydrogens (tertiary/aromatic N) is 1. The highest BCUT2D eigenvalue weighted by Crippen LogP contribution is 2.37. The highest BCUT2D eigenvalue weighted by atomic mass is 19.1. The van der Waals surface area contributed by atoms with Crippen molar-refractivity contribution >= 4 is 5.78 Å². The molecule has 0 amide bonds. The smallest absolute Gasteiger partial charge is 0.183 e. The number of benzene rings is 1. The van der Waals surface area contributed by atoms with Crippen molar-refractivity contribution in [2.75, 3.05) is 14.1 Å². The van der Waals surface area contributed by atoms with Gasteiger partial charge in [-0.05, 0) is 64.3 Å². The zero-order valence-electron chi connectivity index (χ0n) is 12.9. The Hall–Kier alpha value is -1.22. The zero-order chi connectivity index (χ0) is 14.9. The Morgan fingerprint density at radius 1 is 1.30 bits per heavy atom. The number of hydrogen-bond donors (Lipinski definition) is 0. The van der Waals surface area contributed by atoms with Gasteiger partial charge in [0.1, 0.15) is 5.82 Å². The second kappa shape index (κ2) is 5.65. The summed E-state index contributed by atoms with van der Waals surface area (Å²) < 4.78 is 13.7. The van der Waals surface area contributed by atoms with E-state index < -0.39 is 5.54 Å². The maximum absolute atomic E-state index is 13.7. The lowest BCUT2D eigenvalue weighted by Crippen LogP contribution is -2.53. The van der Waals surface area contributed by atoms with Crippen LogP contribution in [0.3, 0.4) is 0 Å². The Labute approximate surface area is 121 Å². The molecule has 110 valence electrons. The van der Waals surface area contributed by atoms with Crippen LogP contribution in [0.1, 0.15) is 48.5 Å². The van der Waals surface area contributed by atoms with Gasteiger partial charge in [0.25, 0.3) is 0 Å². The Morgan fingerprint density at radius 2 is 1.90 bits per heavy atom. The van der Waals surface area contributed by atoms with Gasteiger partial charge < -0.3 is 0 Å². The van der Waals surface area contributed by atoms with Gasteiger partial charge in [0.15, 0.2) is 5.78 Å². The van der Waals surface area contributed by atoms with Crippen LogP contribution in [0.25, 0.3) is 0 Å². The summed E-state index contributed by atoms with van der Waals surface area (Å²) in [6, 6.07) is 4.84. The van der Waals surface area contributed by atoms with Crippen molar-refractivity contribution in [3.63, 3.8) is 0 Å². The summed E-state index contributed by atoms with van der Waals surface area (Å²) in [5.74, 6) is 0.438. The molecule has 1 aliphatic rings. The van der Waals surface area contributed by atoms with Crippen molar-refractivity contribution in [1.29, 1.82) is 0 Å². The number of ketones is 1. The van der Waals surface area contributed by atoms with Gasteiger partial charge in [0, 0.05) is 5.56 Å². The Bertz CT molecular complexity index is 502. The molecule has 0 spiro atoms. The number of likely N-dealkylation sites (N-methyl/N-ethyl adjacent to an activating group) is 1. The van der Waals surface area contributed by atoms with Crippen LogP contribution in [0.4, 0.5) is 4.39 Å². The van der Waals surface area contributed by atoms with Crippen molar-refractivity contribution in [2.24, 2.45) is 5.92 Å². The molecule has 0 atom stereocenters. The van der Waals surface area contributed by atoms with E-state index in [1.54, 1.807) is 19.1 Å². The zero-order valence-corrected chi connectivity index (χ0v) is 12.9. The summed E-state index contributed by atoms with van der Waals surface area (Å²) in [5, 5.41) is 0. The van der Waals surface area contributed by atoms with Gasteiger partial charge in [-0.15, -0.1) is 0 Å². The summed E-state index contributed by atoms with van der Waals surface area (Å²) in [4.78, 5) is 15.0. The predicted molar refractivity (Wildman–Crippen MR) is 79.5 cm³/mol. The first-order valence-corrected chi connectivity index (χ1v) is 7.35. The third-order valence-corrected chi connectivity index (χ3v) is 4.81. The number of rotatable bonds is 3. The molecule has 0 N–H and O–H groups in total. The average Bonchev–Trinajstić information content (AvgIpc) is 2.42. The molecule has 0 aromatic heterocycles.